The monoisotopic (exact) mass is 500 g/mol. The molecule has 0 fully saturated rings. The normalized spacial score (nSPS) is 11.7. The van der Waals surface area contributed by atoms with Crippen LogP contribution in [0.4, 0.5) is 11.4 Å². The number of hydrogen-bond acceptors (Lipinski definition) is 4. The summed E-state index contributed by atoms with van der Waals surface area (Å²) in [5.74, 6) is 0. The summed E-state index contributed by atoms with van der Waals surface area (Å²) in [6, 6.07) is 38.0. The highest BCUT2D eigenvalue weighted by atomic mass is 32.2. The summed E-state index contributed by atoms with van der Waals surface area (Å²) >= 11 is 0. The van der Waals surface area contributed by atoms with E-state index in [4.69, 9.17) is 11.5 Å². The third kappa shape index (κ3) is 3.72. The Balaban J connectivity index is 1.66. The van der Waals surface area contributed by atoms with Gasteiger partial charge in [-0.25, -0.2) is 8.42 Å². The SMILES string of the molecule is Nc1cccc(-c2cccc3ccccc23)c1S(=O)(=O)c1c(N)cccc1-c1cccc2ccccc12. The molecule has 6 aromatic carbocycles. The van der Waals surface area contributed by atoms with Gasteiger partial charge in [0.05, 0.1) is 11.4 Å². The Morgan fingerprint density at radius 1 is 0.405 bits per heavy atom. The molecule has 0 unspecified atom stereocenters. The lowest BCUT2D eigenvalue weighted by atomic mass is 9.98. The predicted molar refractivity (Wildman–Crippen MR) is 153 cm³/mol. The molecule has 6 aromatic rings. The lowest BCUT2D eigenvalue weighted by Gasteiger charge is -2.19. The van der Waals surface area contributed by atoms with Crippen molar-refractivity contribution in [3.63, 3.8) is 0 Å². The zero-order valence-corrected chi connectivity index (χ0v) is 20.7. The summed E-state index contributed by atoms with van der Waals surface area (Å²) in [6.45, 7) is 0. The van der Waals surface area contributed by atoms with Gasteiger partial charge >= 0.3 is 0 Å². The number of benzene rings is 6. The average molecular weight is 501 g/mol. The molecule has 0 aliphatic heterocycles. The zero-order valence-electron chi connectivity index (χ0n) is 19.9. The van der Waals surface area contributed by atoms with Gasteiger partial charge in [-0.3, -0.25) is 0 Å². The first-order chi connectivity index (χ1) is 18.0. The second-order valence-corrected chi connectivity index (χ2v) is 10.8. The Bertz CT molecular complexity index is 1780. The highest BCUT2D eigenvalue weighted by Crippen LogP contribution is 2.43. The highest BCUT2D eigenvalue weighted by Gasteiger charge is 2.30. The van der Waals surface area contributed by atoms with E-state index >= 15 is 0 Å². The van der Waals surface area contributed by atoms with E-state index in [1.54, 1.807) is 24.3 Å². The van der Waals surface area contributed by atoms with Crippen LogP contribution >= 0.6 is 0 Å². The van der Waals surface area contributed by atoms with Crippen molar-refractivity contribution in [2.75, 3.05) is 11.5 Å². The molecule has 0 aromatic heterocycles. The van der Waals surface area contributed by atoms with Crippen LogP contribution in [0.5, 0.6) is 0 Å². The Hall–Kier alpha value is -4.61. The van der Waals surface area contributed by atoms with Crippen molar-refractivity contribution in [2.24, 2.45) is 0 Å². The van der Waals surface area contributed by atoms with Gasteiger partial charge < -0.3 is 11.5 Å². The first-order valence-corrected chi connectivity index (χ1v) is 13.4. The van der Waals surface area contributed by atoms with Crippen LogP contribution in [0.1, 0.15) is 0 Å². The van der Waals surface area contributed by atoms with Gasteiger partial charge in [0.25, 0.3) is 0 Å². The third-order valence-electron chi connectivity index (χ3n) is 6.79. The molecule has 0 heterocycles. The van der Waals surface area contributed by atoms with Crippen molar-refractivity contribution >= 4 is 42.8 Å². The smallest absolute Gasteiger partial charge is 0.211 e. The van der Waals surface area contributed by atoms with Crippen molar-refractivity contribution in [3.8, 4) is 22.3 Å². The van der Waals surface area contributed by atoms with Crippen LogP contribution in [0.25, 0.3) is 43.8 Å². The Morgan fingerprint density at radius 3 is 1.22 bits per heavy atom. The molecule has 0 amide bonds. The predicted octanol–water partition coefficient (Wildman–Crippen LogP) is 7.32. The number of anilines is 2. The highest BCUT2D eigenvalue weighted by molar-refractivity contribution is 7.92. The first-order valence-electron chi connectivity index (χ1n) is 11.9. The molecule has 0 saturated heterocycles. The molecule has 4 nitrogen and oxygen atoms in total. The summed E-state index contributed by atoms with van der Waals surface area (Å²) in [5, 5.41) is 3.92. The van der Waals surface area contributed by atoms with Crippen LogP contribution in [0.2, 0.25) is 0 Å². The molecule has 37 heavy (non-hydrogen) atoms. The number of nitrogen functional groups attached to an aromatic ring is 2. The number of hydrogen-bond donors (Lipinski definition) is 2. The van der Waals surface area contributed by atoms with Crippen LogP contribution < -0.4 is 11.5 Å². The van der Waals surface area contributed by atoms with E-state index in [1.165, 1.54) is 0 Å². The molecule has 0 radical (unpaired) electrons. The maximum atomic E-state index is 14.6. The largest absolute Gasteiger partial charge is 0.398 e. The zero-order chi connectivity index (χ0) is 25.6. The van der Waals surface area contributed by atoms with E-state index in [2.05, 4.69) is 0 Å². The second-order valence-electron chi connectivity index (χ2n) is 9.00. The fourth-order valence-electron chi connectivity index (χ4n) is 5.16. The number of fused-ring (bicyclic) bond motifs is 2. The van der Waals surface area contributed by atoms with Gasteiger partial charge in [-0.1, -0.05) is 109 Å². The van der Waals surface area contributed by atoms with E-state index in [1.807, 2.05) is 97.1 Å². The minimum atomic E-state index is -4.15. The molecule has 180 valence electrons. The summed E-state index contributed by atoms with van der Waals surface area (Å²) < 4.78 is 29.2. The number of sulfone groups is 1. The minimum absolute atomic E-state index is 0.0609. The Morgan fingerprint density at radius 2 is 0.757 bits per heavy atom. The summed E-state index contributed by atoms with van der Waals surface area (Å²) in [4.78, 5) is 0.122. The molecule has 0 bridgehead atoms. The number of rotatable bonds is 4. The van der Waals surface area contributed by atoms with Gasteiger partial charge in [0.2, 0.25) is 9.84 Å². The van der Waals surface area contributed by atoms with Gasteiger partial charge in [-0.15, -0.1) is 0 Å². The van der Waals surface area contributed by atoms with Gasteiger partial charge in [-0.2, -0.15) is 0 Å². The second kappa shape index (κ2) is 8.80. The van der Waals surface area contributed by atoms with Crippen LogP contribution in [0.15, 0.2) is 131 Å². The number of nitrogens with two attached hydrogens (primary N) is 2. The molecule has 6 rings (SSSR count). The van der Waals surface area contributed by atoms with Gasteiger partial charge in [0.15, 0.2) is 0 Å². The van der Waals surface area contributed by atoms with Gasteiger partial charge in [0, 0.05) is 11.1 Å². The minimum Gasteiger partial charge on any atom is -0.398 e. The maximum absolute atomic E-state index is 14.6. The molecule has 0 aliphatic rings. The van der Waals surface area contributed by atoms with Gasteiger partial charge in [-0.05, 0) is 44.8 Å². The Kier molecular flexibility index (Phi) is 5.43. The summed E-state index contributed by atoms with van der Waals surface area (Å²) in [5.41, 5.74) is 15.9. The van der Waals surface area contributed by atoms with Crippen LogP contribution in [-0.2, 0) is 9.84 Å². The average Bonchev–Trinajstić information content (AvgIpc) is 2.92. The summed E-state index contributed by atoms with van der Waals surface area (Å²) in [7, 11) is -4.15. The van der Waals surface area contributed by atoms with Crippen LogP contribution in [0.3, 0.4) is 0 Å². The van der Waals surface area contributed by atoms with Crippen LogP contribution in [-0.4, -0.2) is 8.42 Å². The van der Waals surface area contributed by atoms with Crippen molar-refractivity contribution < 1.29 is 8.42 Å². The van der Waals surface area contributed by atoms with E-state index in [0.717, 1.165) is 32.7 Å². The van der Waals surface area contributed by atoms with E-state index in [0.29, 0.717) is 11.1 Å². The maximum Gasteiger partial charge on any atom is 0.211 e. The molecule has 5 heteroatoms. The van der Waals surface area contributed by atoms with Crippen molar-refractivity contribution in [1.29, 1.82) is 0 Å². The van der Waals surface area contributed by atoms with E-state index in [9.17, 15) is 8.42 Å². The lowest BCUT2D eigenvalue weighted by molar-refractivity contribution is 0.597. The van der Waals surface area contributed by atoms with Crippen LogP contribution in [0, 0.1) is 0 Å². The van der Waals surface area contributed by atoms with Crippen molar-refractivity contribution in [3.05, 3.63) is 121 Å². The molecule has 0 aliphatic carbocycles. The third-order valence-corrected chi connectivity index (χ3v) is 8.77. The van der Waals surface area contributed by atoms with Gasteiger partial charge in [0.1, 0.15) is 9.79 Å². The molecule has 0 saturated carbocycles. The molecule has 0 atom stereocenters. The lowest BCUT2D eigenvalue weighted by Crippen LogP contribution is -2.11. The molecular weight excluding hydrogens is 476 g/mol. The fourth-order valence-corrected chi connectivity index (χ4v) is 7.05. The van der Waals surface area contributed by atoms with E-state index in [-0.39, 0.29) is 21.2 Å². The van der Waals surface area contributed by atoms with Crippen molar-refractivity contribution in [1.82, 2.24) is 0 Å². The topological polar surface area (TPSA) is 86.2 Å². The molecule has 4 N–H and O–H groups in total. The first kappa shape index (κ1) is 22.8. The fraction of sp³-hybridized carbons (Fsp3) is 0. The van der Waals surface area contributed by atoms with E-state index < -0.39 is 9.84 Å². The molecule has 0 spiro atoms. The molecular formula is C32H24N2O2S. The summed E-state index contributed by atoms with van der Waals surface area (Å²) in [6.07, 6.45) is 0. The Labute approximate surface area is 215 Å². The quantitative estimate of drug-likeness (QED) is 0.248. The van der Waals surface area contributed by atoms with Crippen molar-refractivity contribution in [2.45, 2.75) is 9.79 Å². The standard InChI is InChI=1S/C32H24N2O2S/c33-29-19-7-17-27(25-15-5-11-21-9-1-3-13-23(21)25)31(29)37(35,36)32-28(18-8-20-30(32)34)26-16-6-12-22-10-2-4-14-24(22)26/h1-20H,33-34H2.